The molecule has 5 nitrogen and oxygen atoms in total. The van der Waals surface area contributed by atoms with E-state index in [0.717, 1.165) is 11.1 Å². The first-order valence-electron chi connectivity index (χ1n) is 9.06. The van der Waals surface area contributed by atoms with E-state index in [1.807, 2.05) is 0 Å². The van der Waals surface area contributed by atoms with E-state index >= 15 is 0 Å². The number of phenolic OH excluding ortho intramolecular Hbond substituents is 1. The molecule has 0 amide bonds. The van der Waals surface area contributed by atoms with Crippen LogP contribution in [0.3, 0.4) is 0 Å². The number of carbonyl (C=O) groups is 2. The molecule has 2 aliphatic rings. The Morgan fingerprint density at radius 2 is 2.00 bits per heavy atom. The molecule has 1 heterocycles. The maximum atomic E-state index is 12.7. The van der Waals surface area contributed by atoms with Crippen molar-refractivity contribution >= 4 is 11.9 Å². The van der Waals surface area contributed by atoms with Crippen molar-refractivity contribution in [3.63, 3.8) is 0 Å². The van der Waals surface area contributed by atoms with Crippen molar-refractivity contribution < 1.29 is 24.2 Å². The third-order valence-corrected chi connectivity index (χ3v) is 4.68. The van der Waals surface area contributed by atoms with E-state index in [1.165, 1.54) is 0 Å². The van der Waals surface area contributed by atoms with E-state index in [2.05, 4.69) is 13.2 Å². The lowest BCUT2D eigenvalue weighted by molar-refractivity contribution is -0.148. The highest BCUT2D eigenvalue weighted by molar-refractivity contribution is 6.17. The molecule has 1 N–H and O–H groups in total. The molecule has 3 rings (SSSR count). The number of hydrogen-bond donors (Lipinski definition) is 1. The number of phenols is 1. The van der Waals surface area contributed by atoms with Crippen molar-refractivity contribution in [3.8, 4) is 5.75 Å². The van der Waals surface area contributed by atoms with E-state index < -0.39 is 17.5 Å². The predicted octanol–water partition coefficient (Wildman–Crippen LogP) is 3.80. The molecule has 144 valence electrons. The molecular formula is C23H22O5. The van der Waals surface area contributed by atoms with Crippen molar-refractivity contribution in [2.24, 2.45) is 0 Å². The third kappa shape index (κ3) is 3.20. The zero-order valence-corrected chi connectivity index (χ0v) is 15.7. The fraction of sp³-hybridized carbons (Fsp3) is 0.217. The van der Waals surface area contributed by atoms with Gasteiger partial charge >= 0.3 is 11.9 Å². The molecule has 1 atom stereocenters. The van der Waals surface area contributed by atoms with Crippen LogP contribution in [-0.4, -0.2) is 23.7 Å². The highest BCUT2D eigenvalue weighted by Gasteiger charge is 2.51. The fourth-order valence-corrected chi connectivity index (χ4v) is 3.50. The van der Waals surface area contributed by atoms with Crippen LogP contribution in [-0.2, 0) is 31.1 Å². The maximum absolute atomic E-state index is 12.7. The van der Waals surface area contributed by atoms with Gasteiger partial charge < -0.3 is 14.6 Å². The first-order chi connectivity index (χ1) is 13.5. The highest BCUT2D eigenvalue weighted by Crippen LogP contribution is 2.49. The Bertz CT molecular complexity index is 948. The quantitative estimate of drug-likeness (QED) is 0.444. The zero-order valence-electron chi connectivity index (χ0n) is 15.7. The summed E-state index contributed by atoms with van der Waals surface area (Å²) in [6.07, 6.45) is 9.84. The Hall–Kier alpha value is -3.34. The lowest BCUT2D eigenvalue weighted by Gasteiger charge is -2.31. The SMILES string of the molecule is C=CCC1=CC2(c3cc(CC=C)ccc3O)OC(=O)C(C(=O)OCC)=C2C=C1. The number of benzene rings is 1. The van der Waals surface area contributed by atoms with Crippen LogP contribution in [0, 0.1) is 0 Å². The summed E-state index contributed by atoms with van der Waals surface area (Å²) in [5, 5.41) is 10.6. The van der Waals surface area contributed by atoms with Crippen molar-refractivity contribution in [2.45, 2.75) is 25.4 Å². The molecule has 0 fully saturated rings. The summed E-state index contributed by atoms with van der Waals surface area (Å²) >= 11 is 0. The van der Waals surface area contributed by atoms with Gasteiger partial charge in [0.05, 0.1) is 6.61 Å². The van der Waals surface area contributed by atoms with Gasteiger partial charge in [-0.3, -0.25) is 0 Å². The summed E-state index contributed by atoms with van der Waals surface area (Å²) in [6, 6.07) is 5.09. The lowest BCUT2D eigenvalue weighted by Crippen LogP contribution is -2.28. The van der Waals surface area contributed by atoms with Crippen LogP contribution in [0.2, 0.25) is 0 Å². The van der Waals surface area contributed by atoms with Crippen LogP contribution in [0.1, 0.15) is 24.5 Å². The van der Waals surface area contributed by atoms with E-state index in [0.29, 0.717) is 24.0 Å². The summed E-state index contributed by atoms with van der Waals surface area (Å²) in [7, 11) is 0. The number of esters is 2. The number of aromatic hydroxyl groups is 1. The summed E-state index contributed by atoms with van der Waals surface area (Å²) in [5.74, 6) is -1.55. The first kappa shape index (κ1) is 19.4. The minimum atomic E-state index is -1.40. The molecule has 0 aromatic heterocycles. The van der Waals surface area contributed by atoms with Crippen molar-refractivity contribution in [1.29, 1.82) is 0 Å². The number of ether oxygens (including phenoxy) is 2. The third-order valence-electron chi connectivity index (χ3n) is 4.68. The molecule has 5 heteroatoms. The van der Waals surface area contributed by atoms with Crippen LogP contribution in [0.5, 0.6) is 5.75 Å². The molecule has 1 aliphatic heterocycles. The molecule has 1 aliphatic carbocycles. The number of carbonyl (C=O) groups excluding carboxylic acids is 2. The van der Waals surface area contributed by atoms with E-state index in [9.17, 15) is 14.7 Å². The highest BCUT2D eigenvalue weighted by atomic mass is 16.6. The molecule has 0 bridgehead atoms. The monoisotopic (exact) mass is 378 g/mol. The molecule has 1 unspecified atom stereocenters. The van der Waals surface area contributed by atoms with Crippen molar-refractivity contribution in [1.82, 2.24) is 0 Å². The fourth-order valence-electron chi connectivity index (χ4n) is 3.50. The number of rotatable bonds is 7. The second-order valence-electron chi connectivity index (χ2n) is 6.52. The second kappa shape index (κ2) is 7.72. The lowest BCUT2D eigenvalue weighted by atomic mass is 9.78. The van der Waals surface area contributed by atoms with Crippen LogP contribution < -0.4 is 0 Å². The Labute approximate surface area is 164 Å². The Morgan fingerprint density at radius 1 is 1.25 bits per heavy atom. The topological polar surface area (TPSA) is 72.8 Å². The molecular weight excluding hydrogens is 356 g/mol. The average molecular weight is 378 g/mol. The normalized spacial score (nSPS) is 20.3. The van der Waals surface area contributed by atoms with Gasteiger partial charge in [-0.2, -0.15) is 0 Å². The summed E-state index contributed by atoms with van der Waals surface area (Å²) < 4.78 is 10.8. The van der Waals surface area contributed by atoms with Crippen molar-refractivity contribution in [2.75, 3.05) is 6.61 Å². The molecule has 0 saturated carbocycles. The largest absolute Gasteiger partial charge is 0.507 e. The van der Waals surface area contributed by atoms with Gasteiger partial charge in [0.25, 0.3) is 0 Å². The van der Waals surface area contributed by atoms with Gasteiger partial charge in [-0.1, -0.05) is 30.4 Å². The number of allylic oxidation sites excluding steroid dienone is 4. The van der Waals surface area contributed by atoms with Gasteiger partial charge in [0, 0.05) is 11.1 Å². The Kier molecular flexibility index (Phi) is 5.36. The standard InChI is InChI=1S/C23H22O5/c1-4-7-15-10-12-19(24)18(13-15)23-14-16(8-5-2)9-11-17(23)20(22(26)28-23)21(25)27-6-3/h4-5,9-14,24H,1-2,6-8H2,3H3. The predicted molar refractivity (Wildman–Crippen MR) is 105 cm³/mol. The molecule has 0 saturated heterocycles. The van der Waals surface area contributed by atoms with Crippen LogP contribution in [0.4, 0.5) is 0 Å². The van der Waals surface area contributed by atoms with Crippen LogP contribution >= 0.6 is 0 Å². The average Bonchev–Trinajstić information content (AvgIpc) is 2.96. The van der Waals surface area contributed by atoms with Gasteiger partial charge in [0.2, 0.25) is 0 Å². The van der Waals surface area contributed by atoms with Gasteiger partial charge in [0.15, 0.2) is 11.2 Å². The summed E-state index contributed by atoms with van der Waals surface area (Å²) in [4.78, 5) is 25.1. The Balaban J connectivity index is 2.26. The first-order valence-corrected chi connectivity index (χ1v) is 9.06. The minimum absolute atomic E-state index is 0.0345. The van der Waals surface area contributed by atoms with Crippen molar-refractivity contribution in [3.05, 3.63) is 89.6 Å². The number of hydrogen-bond acceptors (Lipinski definition) is 5. The molecule has 1 aromatic rings. The van der Waals surface area contributed by atoms with Crippen LogP contribution in [0.25, 0.3) is 0 Å². The van der Waals surface area contributed by atoms with Gasteiger partial charge in [-0.25, -0.2) is 9.59 Å². The van der Waals surface area contributed by atoms with Gasteiger partial charge in [-0.05, 0) is 49.1 Å². The van der Waals surface area contributed by atoms with Gasteiger partial charge in [0.1, 0.15) is 5.75 Å². The van der Waals surface area contributed by atoms with E-state index in [-0.39, 0.29) is 17.9 Å². The smallest absolute Gasteiger partial charge is 0.347 e. The van der Waals surface area contributed by atoms with E-state index in [1.54, 1.807) is 55.5 Å². The van der Waals surface area contributed by atoms with E-state index in [4.69, 9.17) is 9.47 Å². The van der Waals surface area contributed by atoms with Crippen LogP contribution in [0.15, 0.2) is 78.5 Å². The molecule has 28 heavy (non-hydrogen) atoms. The molecule has 0 spiro atoms. The number of fused-ring (bicyclic) bond motifs is 1. The summed E-state index contributed by atoms with van der Waals surface area (Å²) in [6.45, 7) is 9.29. The summed E-state index contributed by atoms with van der Waals surface area (Å²) in [5.41, 5.74) is 0.944. The maximum Gasteiger partial charge on any atom is 0.347 e. The van der Waals surface area contributed by atoms with Gasteiger partial charge in [-0.15, -0.1) is 13.2 Å². The molecule has 1 aromatic carbocycles. The minimum Gasteiger partial charge on any atom is -0.507 e. The Morgan fingerprint density at radius 3 is 2.68 bits per heavy atom. The molecule has 0 radical (unpaired) electrons. The second-order valence-corrected chi connectivity index (χ2v) is 6.52. The zero-order chi connectivity index (χ0) is 20.3.